The molecule has 0 saturated heterocycles. The summed E-state index contributed by atoms with van der Waals surface area (Å²) in [5.74, 6) is 0.210. The number of hydrogen-bond donors (Lipinski definition) is 1. The third-order valence-electron chi connectivity index (χ3n) is 3.95. The monoisotopic (exact) mass is 346 g/mol. The SMILES string of the molecule is CCCCOC(=O)C1=C(C)Nc2ncnn2[C@@H]1c1ccccc1Cl. The lowest BCUT2D eigenvalue weighted by atomic mass is 9.96. The summed E-state index contributed by atoms with van der Waals surface area (Å²) in [4.78, 5) is 16.9. The van der Waals surface area contributed by atoms with E-state index in [2.05, 4.69) is 22.3 Å². The van der Waals surface area contributed by atoms with E-state index in [0.29, 0.717) is 28.8 Å². The van der Waals surface area contributed by atoms with Crippen molar-refractivity contribution >= 4 is 23.5 Å². The zero-order chi connectivity index (χ0) is 17.1. The van der Waals surface area contributed by atoms with Crippen LogP contribution in [0.2, 0.25) is 5.02 Å². The summed E-state index contributed by atoms with van der Waals surface area (Å²) in [6.45, 7) is 4.28. The highest BCUT2D eigenvalue weighted by molar-refractivity contribution is 6.31. The van der Waals surface area contributed by atoms with Crippen molar-refractivity contribution in [2.24, 2.45) is 0 Å². The van der Waals surface area contributed by atoms with Crippen LogP contribution >= 0.6 is 11.6 Å². The summed E-state index contributed by atoms with van der Waals surface area (Å²) in [5.41, 5.74) is 1.98. The Morgan fingerprint density at radius 1 is 1.42 bits per heavy atom. The van der Waals surface area contributed by atoms with Crippen LogP contribution in [0.1, 0.15) is 38.3 Å². The van der Waals surface area contributed by atoms with Gasteiger partial charge in [0.05, 0.1) is 12.2 Å². The first-order valence-corrected chi connectivity index (χ1v) is 8.30. The molecule has 1 aliphatic rings. The van der Waals surface area contributed by atoms with Gasteiger partial charge in [-0.2, -0.15) is 10.1 Å². The number of unbranched alkanes of at least 4 members (excludes halogenated alkanes) is 1. The number of fused-ring (bicyclic) bond motifs is 1. The molecular formula is C17H19ClN4O2. The molecule has 7 heteroatoms. The van der Waals surface area contributed by atoms with Gasteiger partial charge in [-0.05, 0) is 19.4 Å². The molecule has 0 unspecified atom stereocenters. The van der Waals surface area contributed by atoms with Crippen molar-refractivity contribution in [3.05, 3.63) is 52.4 Å². The molecule has 0 saturated carbocycles. The van der Waals surface area contributed by atoms with E-state index in [1.165, 1.54) is 6.33 Å². The molecule has 3 rings (SSSR count). The average Bonchev–Trinajstić information content (AvgIpc) is 3.02. The number of halogens is 1. The molecule has 0 aliphatic carbocycles. The summed E-state index contributed by atoms with van der Waals surface area (Å²) in [6, 6.07) is 6.95. The molecule has 1 aromatic carbocycles. The van der Waals surface area contributed by atoms with Crippen LogP contribution in [0.15, 0.2) is 41.9 Å². The van der Waals surface area contributed by atoms with Gasteiger partial charge in [0.1, 0.15) is 12.4 Å². The van der Waals surface area contributed by atoms with Crippen molar-refractivity contribution in [3.8, 4) is 0 Å². The molecule has 0 amide bonds. The zero-order valence-corrected chi connectivity index (χ0v) is 14.4. The van der Waals surface area contributed by atoms with Crippen molar-refractivity contribution in [2.45, 2.75) is 32.7 Å². The van der Waals surface area contributed by atoms with Gasteiger partial charge >= 0.3 is 5.97 Å². The van der Waals surface area contributed by atoms with Crippen LogP contribution in [-0.2, 0) is 9.53 Å². The van der Waals surface area contributed by atoms with Gasteiger partial charge in [0.15, 0.2) is 0 Å². The van der Waals surface area contributed by atoms with E-state index in [1.807, 2.05) is 25.1 Å². The van der Waals surface area contributed by atoms with E-state index in [0.717, 1.165) is 18.4 Å². The molecule has 2 heterocycles. The quantitative estimate of drug-likeness (QED) is 0.662. The number of anilines is 1. The van der Waals surface area contributed by atoms with Gasteiger partial charge in [-0.1, -0.05) is 43.1 Å². The number of aromatic nitrogens is 3. The molecule has 24 heavy (non-hydrogen) atoms. The largest absolute Gasteiger partial charge is 0.462 e. The van der Waals surface area contributed by atoms with Crippen LogP contribution in [0.25, 0.3) is 0 Å². The molecule has 0 bridgehead atoms. The maximum absolute atomic E-state index is 12.7. The van der Waals surface area contributed by atoms with Crippen LogP contribution in [0.5, 0.6) is 0 Å². The lowest BCUT2D eigenvalue weighted by Gasteiger charge is -2.28. The molecule has 1 aliphatic heterocycles. The Morgan fingerprint density at radius 2 is 2.21 bits per heavy atom. The fourth-order valence-corrected chi connectivity index (χ4v) is 2.97. The number of nitrogens with one attached hydrogen (secondary N) is 1. The Bertz CT molecular complexity index is 784. The maximum atomic E-state index is 12.7. The number of hydrogen-bond acceptors (Lipinski definition) is 5. The average molecular weight is 347 g/mol. The minimum atomic E-state index is -0.466. The summed E-state index contributed by atoms with van der Waals surface area (Å²) in [6.07, 6.45) is 3.24. The molecule has 0 spiro atoms. The number of allylic oxidation sites excluding steroid dienone is 1. The normalized spacial score (nSPS) is 16.5. The van der Waals surface area contributed by atoms with Crippen molar-refractivity contribution in [1.29, 1.82) is 0 Å². The second-order valence-corrected chi connectivity index (χ2v) is 6.01. The highest BCUT2D eigenvalue weighted by Crippen LogP contribution is 2.37. The van der Waals surface area contributed by atoms with E-state index in [4.69, 9.17) is 16.3 Å². The number of ether oxygens (including phenoxy) is 1. The zero-order valence-electron chi connectivity index (χ0n) is 13.6. The van der Waals surface area contributed by atoms with E-state index in [9.17, 15) is 4.79 Å². The topological polar surface area (TPSA) is 69.0 Å². The minimum absolute atomic E-state index is 0.362. The molecular weight excluding hydrogens is 328 g/mol. The predicted octanol–water partition coefficient (Wildman–Crippen LogP) is 3.56. The van der Waals surface area contributed by atoms with Crippen LogP contribution in [0.3, 0.4) is 0 Å². The number of carbonyl (C=O) groups excluding carboxylic acids is 1. The summed E-state index contributed by atoms with van der Waals surface area (Å²) >= 11 is 6.38. The van der Waals surface area contributed by atoms with E-state index in [1.54, 1.807) is 10.7 Å². The first-order chi connectivity index (χ1) is 11.6. The number of rotatable bonds is 5. The highest BCUT2D eigenvalue weighted by atomic mass is 35.5. The Morgan fingerprint density at radius 3 is 2.96 bits per heavy atom. The number of benzene rings is 1. The summed E-state index contributed by atoms with van der Waals surface area (Å²) in [5, 5.41) is 7.93. The molecule has 6 nitrogen and oxygen atoms in total. The smallest absolute Gasteiger partial charge is 0.338 e. The van der Waals surface area contributed by atoms with Gasteiger partial charge in [-0.25, -0.2) is 9.48 Å². The van der Waals surface area contributed by atoms with E-state index >= 15 is 0 Å². The van der Waals surface area contributed by atoms with E-state index < -0.39 is 6.04 Å². The van der Waals surface area contributed by atoms with Crippen molar-refractivity contribution < 1.29 is 9.53 Å². The fraction of sp³-hybridized carbons (Fsp3) is 0.353. The van der Waals surface area contributed by atoms with Gasteiger partial charge in [0, 0.05) is 16.3 Å². The molecule has 2 aromatic rings. The molecule has 0 radical (unpaired) electrons. The first kappa shape index (κ1) is 16.5. The lowest BCUT2D eigenvalue weighted by Crippen LogP contribution is -2.30. The maximum Gasteiger partial charge on any atom is 0.338 e. The number of carbonyl (C=O) groups is 1. The molecule has 1 atom stereocenters. The van der Waals surface area contributed by atoms with Crippen LogP contribution in [0.4, 0.5) is 5.95 Å². The summed E-state index contributed by atoms with van der Waals surface area (Å²) in [7, 11) is 0. The molecule has 1 aromatic heterocycles. The number of nitrogens with zero attached hydrogens (tertiary/aromatic N) is 3. The van der Waals surface area contributed by atoms with Crippen molar-refractivity contribution in [1.82, 2.24) is 14.8 Å². The second kappa shape index (κ2) is 7.05. The Labute approximate surface area is 145 Å². The second-order valence-electron chi connectivity index (χ2n) is 5.61. The Kier molecular flexibility index (Phi) is 4.85. The number of esters is 1. The van der Waals surface area contributed by atoms with Crippen LogP contribution in [0, 0.1) is 0 Å². The van der Waals surface area contributed by atoms with Crippen LogP contribution in [-0.4, -0.2) is 27.3 Å². The van der Waals surface area contributed by atoms with Gasteiger partial charge in [-0.15, -0.1) is 0 Å². The highest BCUT2D eigenvalue weighted by Gasteiger charge is 2.35. The van der Waals surface area contributed by atoms with Crippen molar-refractivity contribution in [2.75, 3.05) is 11.9 Å². The molecule has 1 N–H and O–H groups in total. The third-order valence-corrected chi connectivity index (χ3v) is 4.29. The van der Waals surface area contributed by atoms with Crippen LogP contribution < -0.4 is 5.32 Å². The lowest BCUT2D eigenvalue weighted by molar-refractivity contribution is -0.139. The van der Waals surface area contributed by atoms with Gasteiger partial charge in [0.2, 0.25) is 5.95 Å². The van der Waals surface area contributed by atoms with Gasteiger partial charge in [-0.3, -0.25) is 0 Å². The Balaban J connectivity index is 2.04. The Hall–Kier alpha value is -2.34. The van der Waals surface area contributed by atoms with E-state index in [-0.39, 0.29) is 5.97 Å². The standard InChI is InChI=1S/C17H19ClN4O2/c1-3-4-9-24-16(23)14-11(2)21-17-19-10-20-22(17)15(14)12-7-5-6-8-13(12)18/h5-8,10,15H,3-4,9H2,1-2H3,(H,19,20,21)/t15-/m1/s1. The predicted molar refractivity (Wildman–Crippen MR) is 91.8 cm³/mol. The third kappa shape index (κ3) is 3.01. The fourth-order valence-electron chi connectivity index (χ4n) is 2.73. The minimum Gasteiger partial charge on any atom is -0.462 e. The molecule has 0 fully saturated rings. The first-order valence-electron chi connectivity index (χ1n) is 7.92. The summed E-state index contributed by atoms with van der Waals surface area (Å²) < 4.78 is 7.09. The molecule has 126 valence electrons. The van der Waals surface area contributed by atoms with Gasteiger partial charge < -0.3 is 10.1 Å². The van der Waals surface area contributed by atoms with Crippen molar-refractivity contribution in [3.63, 3.8) is 0 Å². The van der Waals surface area contributed by atoms with Gasteiger partial charge in [0.25, 0.3) is 0 Å².